The van der Waals surface area contributed by atoms with Crippen LogP contribution in [0.1, 0.15) is 36.4 Å². The molecular weight excluding hydrogens is 360 g/mol. The zero-order valence-electron chi connectivity index (χ0n) is 15.2. The summed E-state index contributed by atoms with van der Waals surface area (Å²) in [6.07, 6.45) is 2.11. The van der Waals surface area contributed by atoms with E-state index in [1.807, 2.05) is 43.3 Å². The van der Waals surface area contributed by atoms with E-state index >= 15 is 0 Å². The van der Waals surface area contributed by atoms with E-state index in [1.54, 1.807) is 11.3 Å². The average Bonchev–Trinajstić information content (AvgIpc) is 3.10. The number of nitrogens with zero attached hydrogens (tertiary/aromatic N) is 1. The number of hydrogen-bond donors (Lipinski definition) is 1. The molecule has 0 radical (unpaired) electrons. The summed E-state index contributed by atoms with van der Waals surface area (Å²) < 4.78 is 12.4. The van der Waals surface area contributed by atoms with Crippen LogP contribution in [0.15, 0.2) is 42.5 Å². The number of aromatic nitrogens is 1. The molecule has 0 bridgehead atoms. The molecule has 1 N–H and O–H groups in total. The molecule has 1 aliphatic heterocycles. The Hall–Kier alpha value is -2.60. The number of nitrogens with one attached hydrogen (secondary N) is 1. The van der Waals surface area contributed by atoms with Crippen LogP contribution in [0, 0.1) is 0 Å². The van der Waals surface area contributed by atoms with Crippen molar-refractivity contribution in [3.05, 3.63) is 53.0 Å². The molecule has 6 heteroatoms. The van der Waals surface area contributed by atoms with Crippen molar-refractivity contribution in [3.63, 3.8) is 0 Å². The summed E-state index contributed by atoms with van der Waals surface area (Å²) >= 11 is 1.70. The molecule has 0 aliphatic carbocycles. The maximum atomic E-state index is 12.3. The third-order valence-corrected chi connectivity index (χ3v) is 5.67. The van der Waals surface area contributed by atoms with Gasteiger partial charge in [0.25, 0.3) is 0 Å². The Bertz CT molecular complexity index is 921. The zero-order chi connectivity index (χ0) is 18.6. The molecule has 5 nitrogen and oxygen atoms in total. The van der Waals surface area contributed by atoms with Gasteiger partial charge in [-0.25, -0.2) is 4.98 Å². The van der Waals surface area contributed by atoms with Gasteiger partial charge in [-0.1, -0.05) is 18.2 Å². The van der Waals surface area contributed by atoms with Crippen LogP contribution in [-0.2, 0) is 11.2 Å². The van der Waals surface area contributed by atoms with Crippen LogP contribution in [0.5, 0.6) is 11.5 Å². The smallest absolute Gasteiger partial charge is 0.220 e. The molecule has 1 unspecified atom stereocenters. The predicted octanol–water partition coefficient (Wildman–Crippen LogP) is 4.27. The number of carbonyl (C=O) groups is 1. The van der Waals surface area contributed by atoms with Crippen molar-refractivity contribution < 1.29 is 14.3 Å². The number of thiazole rings is 1. The number of amides is 1. The van der Waals surface area contributed by atoms with Crippen molar-refractivity contribution in [1.29, 1.82) is 0 Å². The fraction of sp³-hybridized carbons (Fsp3) is 0.333. The van der Waals surface area contributed by atoms with E-state index in [0.717, 1.165) is 40.4 Å². The van der Waals surface area contributed by atoms with Gasteiger partial charge < -0.3 is 14.8 Å². The SMILES string of the molecule is CC(NC(=O)CCCc1nc2ccccc2s1)c1ccc2c(c1)OCCO2. The van der Waals surface area contributed by atoms with Crippen molar-refractivity contribution in [3.8, 4) is 11.5 Å². The van der Waals surface area contributed by atoms with Gasteiger partial charge in [-0.15, -0.1) is 11.3 Å². The molecule has 1 aliphatic rings. The third kappa shape index (κ3) is 4.22. The highest BCUT2D eigenvalue weighted by Crippen LogP contribution is 2.32. The molecule has 0 spiro atoms. The average molecular weight is 382 g/mol. The van der Waals surface area contributed by atoms with E-state index in [1.165, 1.54) is 4.70 Å². The topological polar surface area (TPSA) is 60.5 Å². The minimum absolute atomic E-state index is 0.0542. The van der Waals surface area contributed by atoms with Crippen molar-refractivity contribution in [2.75, 3.05) is 13.2 Å². The molecule has 3 aromatic rings. The number of aryl methyl sites for hydroxylation is 1. The largest absolute Gasteiger partial charge is 0.486 e. The molecular formula is C21H22N2O3S. The van der Waals surface area contributed by atoms with Crippen LogP contribution in [0.3, 0.4) is 0 Å². The predicted molar refractivity (Wildman–Crippen MR) is 107 cm³/mol. The number of rotatable bonds is 6. The first-order chi connectivity index (χ1) is 13.2. The van der Waals surface area contributed by atoms with Gasteiger partial charge in [0.2, 0.25) is 5.91 Å². The van der Waals surface area contributed by atoms with Crippen LogP contribution < -0.4 is 14.8 Å². The minimum atomic E-state index is -0.0734. The summed E-state index contributed by atoms with van der Waals surface area (Å²) in [5.74, 6) is 1.56. The summed E-state index contributed by atoms with van der Waals surface area (Å²) in [6.45, 7) is 3.12. The number of fused-ring (bicyclic) bond motifs is 2. The number of para-hydroxylation sites is 1. The van der Waals surface area contributed by atoms with E-state index < -0.39 is 0 Å². The summed E-state index contributed by atoms with van der Waals surface area (Å²) in [7, 11) is 0. The lowest BCUT2D eigenvalue weighted by Crippen LogP contribution is -2.26. The van der Waals surface area contributed by atoms with Crippen molar-refractivity contribution >= 4 is 27.5 Å². The summed E-state index contributed by atoms with van der Waals surface area (Å²) in [5.41, 5.74) is 2.05. The number of ether oxygens (including phenoxy) is 2. The molecule has 0 saturated carbocycles. The molecule has 0 saturated heterocycles. The van der Waals surface area contributed by atoms with Gasteiger partial charge >= 0.3 is 0 Å². The molecule has 27 heavy (non-hydrogen) atoms. The quantitative estimate of drug-likeness (QED) is 0.692. The second-order valence-electron chi connectivity index (χ2n) is 6.62. The van der Waals surface area contributed by atoms with Gasteiger partial charge in [0.05, 0.1) is 21.3 Å². The fourth-order valence-electron chi connectivity index (χ4n) is 3.15. The Labute approximate surface area is 162 Å². The summed E-state index contributed by atoms with van der Waals surface area (Å²) in [6, 6.07) is 13.9. The highest BCUT2D eigenvalue weighted by atomic mass is 32.1. The number of hydrogen-bond acceptors (Lipinski definition) is 5. The highest BCUT2D eigenvalue weighted by Gasteiger charge is 2.16. The highest BCUT2D eigenvalue weighted by molar-refractivity contribution is 7.18. The minimum Gasteiger partial charge on any atom is -0.486 e. The lowest BCUT2D eigenvalue weighted by atomic mass is 10.1. The second kappa shape index (κ2) is 7.96. The fourth-order valence-corrected chi connectivity index (χ4v) is 4.16. The lowest BCUT2D eigenvalue weighted by Gasteiger charge is -2.21. The van der Waals surface area contributed by atoms with Crippen molar-refractivity contribution in [2.45, 2.75) is 32.2 Å². The van der Waals surface area contributed by atoms with E-state index in [-0.39, 0.29) is 11.9 Å². The Morgan fingerprint density at radius 1 is 1.19 bits per heavy atom. The van der Waals surface area contributed by atoms with Gasteiger partial charge in [-0.3, -0.25) is 4.79 Å². The number of carbonyl (C=O) groups excluding carboxylic acids is 1. The Kier molecular flexibility index (Phi) is 5.25. The van der Waals surface area contributed by atoms with E-state index in [4.69, 9.17) is 9.47 Å². The maximum absolute atomic E-state index is 12.3. The van der Waals surface area contributed by atoms with E-state index in [2.05, 4.69) is 16.4 Å². The maximum Gasteiger partial charge on any atom is 0.220 e. The molecule has 1 aromatic heterocycles. The molecule has 140 valence electrons. The second-order valence-corrected chi connectivity index (χ2v) is 7.74. The Balaban J connectivity index is 1.28. The first-order valence-electron chi connectivity index (χ1n) is 9.22. The van der Waals surface area contributed by atoms with Gasteiger partial charge in [0.1, 0.15) is 13.2 Å². The molecule has 1 amide bonds. The first-order valence-corrected chi connectivity index (χ1v) is 10.0. The van der Waals surface area contributed by atoms with Gasteiger partial charge in [-0.2, -0.15) is 0 Å². The standard InChI is InChI=1S/C21H22N2O3S/c1-14(15-9-10-17-18(13-15)26-12-11-25-17)22-20(24)7-4-8-21-23-16-5-2-3-6-19(16)27-21/h2-3,5-6,9-10,13-14H,4,7-8,11-12H2,1H3,(H,22,24). The molecule has 4 rings (SSSR count). The zero-order valence-corrected chi connectivity index (χ0v) is 16.1. The summed E-state index contributed by atoms with van der Waals surface area (Å²) in [4.78, 5) is 16.9. The van der Waals surface area contributed by atoms with Crippen molar-refractivity contribution in [2.24, 2.45) is 0 Å². The Morgan fingerprint density at radius 3 is 2.85 bits per heavy atom. The summed E-state index contributed by atoms with van der Waals surface area (Å²) in [5, 5.41) is 4.15. The van der Waals surface area contributed by atoms with Crippen LogP contribution >= 0.6 is 11.3 Å². The Morgan fingerprint density at radius 2 is 2.00 bits per heavy atom. The molecule has 2 heterocycles. The van der Waals surface area contributed by atoms with Crippen LogP contribution in [-0.4, -0.2) is 24.1 Å². The lowest BCUT2D eigenvalue weighted by molar-refractivity contribution is -0.121. The monoisotopic (exact) mass is 382 g/mol. The third-order valence-electron chi connectivity index (χ3n) is 4.58. The van der Waals surface area contributed by atoms with Crippen LogP contribution in [0.25, 0.3) is 10.2 Å². The first kappa shape index (κ1) is 17.8. The molecule has 2 aromatic carbocycles. The number of benzene rings is 2. The van der Waals surface area contributed by atoms with Crippen LogP contribution in [0.4, 0.5) is 0 Å². The van der Waals surface area contributed by atoms with E-state index in [0.29, 0.717) is 19.6 Å². The molecule has 0 fully saturated rings. The van der Waals surface area contributed by atoms with Crippen molar-refractivity contribution in [1.82, 2.24) is 10.3 Å². The molecule has 1 atom stereocenters. The van der Waals surface area contributed by atoms with Gasteiger partial charge in [-0.05, 0) is 49.6 Å². The van der Waals surface area contributed by atoms with Gasteiger partial charge in [0, 0.05) is 6.42 Å². The van der Waals surface area contributed by atoms with Crippen LogP contribution in [0.2, 0.25) is 0 Å². The normalized spacial score (nSPS) is 14.1. The van der Waals surface area contributed by atoms with Gasteiger partial charge in [0.15, 0.2) is 11.5 Å². The van der Waals surface area contributed by atoms with E-state index in [9.17, 15) is 4.79 Å².